The number of rotatable bonds is 7. The lowest BCUT2D eigenvalue weighted by molar-refractivity contribution is -0.119. The molecule has 31 heavy (non-hydrogen) atoms. The summed E-state index contributed by atoms with van der Waals surface area (Å²) in [5.41, 5.74) is 4.87. The number of nitrogens with one attached hydrogen (secondary N) is 1. The van der Waals surface area contributed by atoms with E-state index in [1.807, 2.05) is 13.0 Å². The third-order valence-corrected chi connectivity index (χ3v) is 6.34. The molecule has 160 valence electrons. The number of hydrogen-bond acceptors (Lipinski definition) is 5. The summed E-state index contributed by atoms with van der Waals surface area (Å²) in [4.78, 5) is 12.6. The molecular formula is C23H23N3O4S. The van der Waals surface area contributed by atoms with Crippen LogP contribution in [0.15, 0.2) is 82.8 Å². The molecule has 0 bridgehead atoms. The summed E-state index contributed by atoms with van der Waals surface area (Å²) in [5.74, 6) is -0.602. The maximum atomic E-state index is 13.3. The number of aryl methyl sites for hydroxylation is 2. The number of carbonyl (C=O) groups excluding carboxylic acids is 1. The van der Waals surface area contributed by atoms with Crippen LogP contribution < -0.4 is 9.73 Å². The molecule has 8 heteroatoms. The van der Waals surface area contributed by atoms with E-state index in [4.69, 9.17) is 0 Å². The van der Waals surface area contributed by atoms with E-state index in [0.29, 0.717) is 11.3 Å². The van der Waals surface area contributed by atoms with Crippen LogP contribution in [0.1, 0.15) is 16.7 Å². The zero-order chi connectivity index (χ0) is 22.4. The highest BCUT2D eigenvalue weighted by atomic mass is 32.2. The number of anilines is 1. The first-order valence-electron chi connectivity index (χ1n) is 9.54. The molecule has 0 radical (unpaired) electrons. The maximum Gasteiger partial charge on any atom is 0.264 e. The van der Waals surface area contributed by atoms with Crippen LogP contribution in [-0.4, -0.2) is 32.2 Å². The number of amides is 1. The SMILES string of the molecule is Cc1ccc(N(CC(=O)N/N=C\c2ccccc2O)S(=O)(=O)c2ccccc2)c(C)c1. The van der Waals surface area contributed by atoms with Crippen molar-refractivity contribution >= 4 is 27.8 Å². The molecule has 7 nitrogen and oxygen atoms in total. The number of para-hydroxylation sites is 1. The predicted octanol–water partition coefficient (Wildman–Crippen LogP) is 3.35. The van der Waals surface area contributed by atoms with E-state index in [0.717, 1.165) is 15.4 Å². The molecule has 0 spiro atoms. The molecular weight excluding hydrogens is 414 g/mol. The van der Waals surface area contributed by atoms with E-state index in [2.05, 4.69) is 10.5 Å². The van der Waals surface area contributed by atoms with E-state index in [9.17, 15) is 18.3 Å². The summed E-state index contributed by atoms with van der Waals surface area (Å²) in [5, 5.41) is 13.6. The van der Waals surface area contributed by atoms with Crippen LogP contribution in [-0.2, 0) is 14.8 Å². The van der Waals surface area contributed by atoms with Crippen molar-refractivity contribution in [3.05, 3.63) is 89.5 Å². The number of benzene rings is 3. The van der Waals surface area contributed by atoms with Crippen molar-refractivity contribution in [1.82, 2.24) is 5.43 Å². The highest BCUT2D eigenvalue weighted by Crippen LogP contribution is 2.27. The fourth-order valence-corrected chi connectivity index (χ4v) is 4.55. The average molecular weight is 438 g/mol. The molecule has 1 amide bonds. The highest BCUT2D eigenvalue weighted by Gasteiger charge is 2.28. The monoisotopic (exact) mass is 437 g/mol. The van der Waals surface area contributed by atoms with Gasteiger partial charge in [0.2, 0.25) is 0 Å². The first-order chi connectivity index (χ1) is 14.8. The number of phenolic OH excluding ortho intramolecular Hbond substituents is 1. The predicted molar refractivity (Wildman–Crippen MR) is 121 cm³/mol. The summed E-state index contributed by atoms with van der Waals surface area (Å²) in [6.45, 7) is 3.25. The second-order valence-electron chi connectivity index (χ2n) is 6.97. The van der Waals surface area contributed by atoms with Gasteiger partial charge in [-0.05, 0) is 49.7 Å². The Hall–Kier alpha value is -3.65. The molecule has 0 aliphatic heterocycles. The Kier molecular flexibility index (Phi) is 6.71. The number of hydrazone groups is 1. The van der Waals surface area contributed by atoms with Crippen molar-refractivity contribution in [3.63, 3.8) is 0 Å². The molecule has 0 heterocycles. The van der Waals surface area contributed by atoms with Gasteiger partial charge in [0.25, 0.3) is 15.9 Å². The molecule has 0 atom stereocenters. The van der Waals surface area contributed by atoms with Crippen molar-refractivity contribution in [2.45, 2.75) is 18.7 Å². The number of hydrogen-bond donors (Lipinski definition) is 2. The normalized spacial score (nSPS) is 11.4. The van der Waals surface area contributed by atoms with Crippen LogP contribution in [0.25, 0.3) is 0 Å². The van der Waals surface area contributed by atoms with Gasteiger partial charge in [-0.15, -0.1) is 0 Å². The Labute approximate surface area is 181 Å². The van der Waals surface area contributed by atoms with Crippen LogP contribution in [0.2, 0.25) is 0 Å². The second-order valence-corrected chi connectivity index (χ2v) is 8.83. The van der Waals surface area contributed by atoms with Gasteiger partial charge in [0, 0.05) is 5.56 Å². The molecule has 0 unspecified atom stereocenters. The Morgan fingerprint density at radius 3 is 2.39 bits per heavy atom. The molecule has 0 saturated heterocycles. The van der Waals surface area contributed by atoms with Crippen molar-refractivity contribution in [1.29, 1.82) is 0 Å². The molecule has 0 aliphatic rings. The summed E-state index contributed by atoms with van der Waals surface area (Å²) < 4.78 is 27.7. The fourth-order valence-electron chi connectivity index (χ4n) is 3.04. The van der Waals surface area contributed by atoms with E-state index >= 15 is 0 Å². The quantitative estimate of drug-likeness (QED) is 0.437. The molecule has 3 rings (SSSR count). The van der Waals surface area contributed by atoms with Crippen LogP contribution >= 0.6 is 0 Å². The maximum absolute atomic E-state index is 13.3. The standard InChI is InChI=1S/C23H23N3O4S/c1-17-12-13-21(18(2)14-17)26(31(29,30)20-9-4-3-5-10-20)16-23(28)25-24-15-19-8-6-7-11-22(19)27/h3-15,27H,16H2,1-2H3,(H,25,28)/b24-15-. The third-order valence-electron chi connectivity index (χ3n) is 4.57. The summed E-state index contributed by atoms with van der Waals surface area (Å²) in [6.07, 6.45) is 1.29. The smallest absolute Gasteiger partial charge is 0.264 e. The Morgan fingerprint density at radius 1 is 1.03 bits per heavy atom. The molecule has 0 aliphatic carbocycles. The topological polar surface area (TPSA) is 99.1 Å². The van der Waals surface area contributed by atoms with Crippen LogP contribution in [0.3, 0.4) is 0 Å². The minimum absolute atomic E-state index is 0.0176. The van der Waals surface area contributed by atoms with Crippen molar-refractivity contribution in [3.8, 4) is 5.75 Å². The number of aromatic hydroxyl groups is 1. The van der Waals surface area contributed by atoms with Gasteiger partial charge in [-0.25, -0.2) is 13.8 Å². The van der Waals surface area contributed by atoms with E-state index in [-0.39, 0.29) is 10.6 Å². The lowest BCUT2D eigenvalue weighted by Crippen LogP contribution is -2.40. The summed E-state index contributed by atoms with van der Waals surface area (Å²) in [6, 6.07) is 19.8. The van der Waals surface area contributed by atoms with Gasteiger partial charge >= 0.3 is 0 Å². The molecule has 2 N–H and O–H groups in total. The van der Waals surface area contributed by atoms with E-state index in [1.165, 1.54) is 24.4 Å². The minimum Gasteiger partial charge on any atom is -0.507 e. The molecule has 0 saturated carbocycles. The number of carbonyl (C=O) groups is 1. The lowest BCUT2D eigenvalue weighted by Gasteiger charge is -2.25. The van der Waals surface area contributed by atoms with Crippen molar-refractivity contribution in [2.75, 3.05) is 10.8 Å². The number of phenols is 1. The van der Waals surface area contributed by atoms with Crippen molar-refractivity contribution < 1.29 is 18.3 Å². The number of sulfonamides is 1. The second kappa shape index (κ2) is 9.44. The van der Waals surface area contributed by atoms with Gasteiger partial charge in [-0.3, -0.25) is 9.10 Å². The molecule has 0 aromatic heterocycles. The Balaban J connectivity index is 1.88. The van der Waals surface area contributed by atoms with Gasteiger partial charge in [0.15, 0.2) is 0 Å². The van der Waals surface area contributed by atoms with Crippen LogP contribution in [0, 0.1) is 13.8 Å². The minimum atomic E-state index is -3.99. The first kappa shape index (κ1) is 22.0. The van der Waals surface area contributed by atoms with E-state index < -0.39 is 22.5 Å². The molecule has 3 aromatic carbocycles. The van der Waals surface area contributed by atoms with Gasteiger partial charge in [0.1, 0.15) is 12.3 Å². The van der Waals surface area contributed by atoms with Gasteiger partial charge in [-0.2, -0.15) is 5.10 Å². The van der Waals surface area contributed by atoms with Crippen LogP contribution in [0.5, 0.6) is 5.75 Å². The number of nitrogens with zero attached hydrogens (tertiary/aromatic N) is 2. The zero-order valence-corrected chi connectivity index (χ0v) is 18.0. The van der Waals surface area contributed by atoms with E-state index in [1.54, 1.807) is 55.5 Å². The van der Waals surface area contributed by atoms with Gasteiger partial charge in [0.05, 0.1) is 16.8 Å². The zero-order valence-electron chi connectivity index (χ0n) is 17.2. The molecule has 0 fully saturated rings. The Morgan fingerprint density at radius 2 is 1.71 bits per heavy atom. The third kappa shape index (κ3) is 5.29. The largest absolute Gasteiger partial charge is 0.507 e. The van der Waals surface area contributed by atoms with Gasteiger partial charge in [-0.1, -0.05) is 48.0 Å². The van der Waals surface area contributed by atoms with Crippen LogP contribution in [0.4, 0.5) is 5.69 Å². The summed E-state index contributed by atoms with van der Waals surface area (Å²) >= 11 is 0. The molecule has 3 aromatic rings. The van der Waals surface area contributed by atoms with Crippen molar-refractivity contribution in [2.24, 2.45) is 5.10 Å². The fraction of sp³-hybridized carbons (Fsp3) is 0.130. The summed E-state index contributed by atoms with van der Waals surface area (Å²) in [7, 11) is -3.99. The highest BCUT2D eigenvalue weighted by molar-refractivity contribution is 7.92. The lowest BCUT2D eigenvalue weighted by atomic mass is 10.1. The average Bonchev–Trinajstić information content (AvgIpc) is 2.74. The Bertz CT molecular complexity index is 1210. The van der Waals surface area contributed by atoms with Gasteiger partial charge < -0.3 is 5.11 Å². The first-order valence-corrected chi connectivity index (χ1v) is 11.0.